The van der Waals surface area contributed by atoms with E-state index in [4.69, 9.17) is 4.74 Å². The molecule has 2 N–H and O–H groups in total. The predicted octanol–water partition coefficient (Wildman–Crippen LogP) is 4.27. The Morgan fingerprint density at radius 1 is 1.33 bits per heavy atom. The summed E-state index contributed by atoms with van der Waals surface area (Å²) in [6.45, 7) is -0.490. The second-order valence-corrected chi connectivity index (χ2v) is 6.55. The number of H-pyrrole nitrogens is 1. The number of hydrogen-bond acceptors (Lipinski definition) is 3. The fraction of sp³-hybridized carbons (Fsp3) is 0.333. The summed E-state index contributed by atoms with van der Waals surface area (Å²) in [6, 6.07) is 7.27. The first-order valence-electron chi connectivity index (χ1n) is 7.12. The van der Waals surface area contributed by atoms with E-state index in [0.29, 0.717) is 5.69 Å². The highest BCUT2D eigenvalue weighted by atomic mass is 79.9. The van der Waals surface area contributed by atoms with Gasteiger partial charge in [-0.2, -0.15) is 13.2 Å². The summed E-state index contributed by atoms with van der Waals surface area (Å²) in [5.74, 6) is 0. The van der Waals surface area contributed by atoms with Gasteiger partial charge < -0.3 is 15.0 Å². The minimum absolute atomic E-state index is 0.0191. The van der Waals surface area contributed by atoms with Gasteiger partial charge in [0.15, 0.2) is 0 Å². The smallest absolute Gasteiger partial charge is 0.375 e. The Morgan fingerprint density at radius 2 is 2.00 bits per heavy atom. The molecule has 0 bridgehead atoms. The van der Waals surface area contributed by atoms with E-state index in [1.54, 1.807) is 0 Å². The summed E-state index contributed by atoms with van der Waals surface area (Å²) >= 11 is 3.32. The number of nitrogens with one attached hydrogen (secondary N) is 2. The monoisotopic (exact) mass is 403 g/mol. The zero-order chi connectivity index (χ0) is 17.4. The van der Waals surface area contributed by atoms with Crippen molar-refractivity contribution in [2.45, 2.75) is 19.0 Å². The van der Waals surface area contributed by atoms with Crippen LogP contribution in [-0.4, -0.2) is 28.8 Å². The third-order valence-electron chi connectivity index (χ3n) is 3.92. The van der Waals surface area contributed by atoms with Gasteiger partial charge in [0.05, 0.1) is 17.3 Å². The molecule has 1 fully saturated rings. The molecule has 1 aliphatic rings. The summed E-state index contributed by atoms with van der Waals surface area (Å²) in [5, 5.41) is 2.15. The summed E-state index contributed by atoms with van der Waals surface area (Å²) in [5.41, 5.74) is -0.355. The SMILES string of the molecule is O=C(NCC1(C(F)(F)F)CC1)Oc1ncc(-c2ccc(Br)cc2)[nH]1. The fourth-order valence-electron chi connectivity index (χ4n) is 2.21. The molecule has 1 amide bonds. The zero-order valence-corrected chi connectivity index (χ0v) is 13.9. The number of imidazole rings is 1. The molecular formula is C15H13BrF3N3O2. The highest BCUT2D eigenvalue weighted by molar-refractivity contribution is 9.10. The molecule has 0 unspecified atom stereocenters. The first kappa shape index (κ1) is 16.8. The Bertz CT molecular complexity index is 739. The molecule has 1 heterocycles. The van der Waals surface area contributed by atoms with Gasteiger partial charge in [-0.3, -0.25) is 0 Å². The van der Waals surface area contributed by atoms with Crippen molar-refractivity contribution in [1.82, 2.24) is 15.3 Å². The highest BCUT2D eigenvalue weighted by Gasteiger charge is 2.63. The molecule has 1 saturated carbocycles. The molecule has 0 spiro atoms. The number of carbonyl (C=O) groups is 1. The van der Waals surface area contributed by atoms with Crippen LogP contribution in [-0.2, 0) is 0 Å². The van der Waals surface area contributed by atoms with E-state index in [1.807, 2.05) is 24.3 Å². The lowest BCUT2D eigenvalue weighted by Gasteiger charge is -2.18. The van der Waals surface area contributed by atoms with Gasteiger partial charge in [0.2, 0.25) is 0 Å². The van der Waals surface area contributed by atoms with E-state index < -0.39 is 24.2 Å². The third-order valence-corrected chi connectivity index (χ3v) is 4.45. The van der Waals surface area contributed by atoms with E-state index in [0.717, 1.165) is 10.0 Å². The number of alkyl halides is 3. The minimum atomic E-state index is -4.32. The Labute approximate surface area is 143 Å². The maximum Gasteiger partial charge on any atom is 0.415 e. The minimum Gasteiger partial charge on any atom is -0.375 e. The molecule has 1 aromatic carbocycles. The maximum atomic E-state index is 12.8. The van der Waals surface area contributed by atoms with Gasteiger partial charge in [-0.1, -0.05) is 28.1 Å². The molecular weight excluding hydrogens is 391 g/mol. The summed E-state index contributed by atoms with van der Waals surface area (Å²) < 4.78 is 44.1. The van der Waals surface area contributed by atoms with Gasteiger partial charge in [-0.15, -0.1) is 0 Å². The van der Waals surface area contributed by atoms with Crippen molar-refractivity contribution >= 4 is 22.0 Å². The molecule has 3 rings (SSSR count). The molecule has 2 aromatic rings. The normalized spacial score (nSPS) is 15.8. The van der Waals surface area contributed by atoms with E-state index in [9.17, 15) is 18.0 Å². The van der Waals surface area contributed by atoms with Gasteiger partial charge in [0, 0.05) is 11.0 Å². The molecule has 0 saturated heterocycles. The van der Waals surface area contributed by atoms with Crippen LogP contribution in [0.1, 0.15) is 12.8 Å². The van der Waals surface area contributed by atoms with Crippen molar-refractivity contribution in [3.8, 4) is 17.3 Å². The first-order valence-corrected chi connectivity index (χ1v) is 7.92. The number of nitrogens with zero attached hydrogens (tertiary/aromatic N) is 1. The zero-order valence-electron chi connectivity index (χ0n) is 12.3. The van der Waals surface area contributed by atoms with Gasteiger partial charge in [-0.05, 0) is 30.5 Å². The predicted molar refractivity (Wildman–Crippen MR) is 83.5 cm³/mol. The fourth-order valence-corrected chi connectivity index (χ4v) is 2.47. The Morgan fingerprint density at radius 3 is 2.58 bits per heavy atom. The number of aromatic amines is 1. The Balaban J connectivity index is 1.57. The summed E-state index contributed by atoms with van der Waals surface area (Å²) in [4.78, 5) is 18.3. The number of carbonyl (C=O) groups excluding carboxylic acids is 1. The average molecular weight is 404 g/mol. The number of hydrogen-bond donors (Lipinski definition) is 2. The molecule has 5 nitrogen and oxygen atoms in total. The Kier molecular flexibility index (Phi) is 4.29. The number of ether oxygens (including phenoxy) is 1. The van der Waals surface area contributed by atoms with Gasteiger partial charge >= 0.3 is 18.3 Å². The molecule has 24 heavy (non-hydrogen) atoms. The maximum absolute atomic E-state index is 12.8. The lowest BCUT2D eigenvalue weighted by atomic mass is 10.1. The van der Waals surface area contributed by atoms with Crippen LogP contribution in [0.5, 0.6) is 6.01 Å². The lowest BCUT2D eigenvalue weighted by Crippen LogP contribution is -2.39. The van der Waals surface area contributed by atoms with Crippen LogP contribution in [0.25, 0.3) is 11.3 Å². The standard InChI is InChI=1S/C15H13BrF3N3O2/c16-10-3-1-9(2-4-10)11-7-20-12(22-11)24-13(23)21-8-14(5-6-14)15(17,18)19/h1-4,7H,5-6,8H2,(H,20,22)(H,21,23). The first-order chi connectivity index (χ1) is 11.3. The number of halogens is 4. The number of benzene rings is 1. The molecule has 0 atom stereocenters. The Hall–Kier alpha value is -2.03. The van der Waals surface area contributed by atoms with Gasteiger partial charge in [-0.25, -0.2) is 9.78 Å². The molecule has 128 valence electrons. The average Bonchev–Trinajstić information content (AvgIpc) is 3.20. The van der Waals surface area contributed by atoms with Crippen LogP contribution in [0.2, 0.25) is 0 Å². The van der Waals surface area contributed by atoms with Crippen molar-refractivity contribution in [2.75, 3.05) is 6.54 Å². The number of amides is 1. The highest BCUT2D eigenvalue weighted by Crippen LogP contribution is 2.57. The van der Waals surface area contributed by atoms with Gasteiger partial charge in [0.1, 0.15) is 0 Å². The molecule has 0 aliphatic heterocycles. The largest absolute Gasteiger partial charge is 0.415 e. The molecule has 9 heteroatoms. The third kappa shape index (κ3) is 3.55. The van der Waals surface area contributed by atoms with Crippen molar-refractivity contribution in [3.63, 3.8) is 0 Å². The topological polar surface area (TPSA) is 67.0 Å². The van der Waals surface area contributed by atoms with Gasteiger partial charge in [0.25, 0.3) is 0 Å². The quantitative estimate of drug-likeness (QED) is 0.800. The van der Waals surface area contributed by atoms with Crippen molar-refractivity contribution in [2.24, 2.45) is 5.41 Å². The molecule has 1 aromatic heterocycles. The van der Waals surface area contributed by atoms with E-state index in [-0.39, 0.29) is 18.9 Å². The van der Waals surface area contributed by atoms with Crippen LogP contribution < -0.4 is 10.1 Å². The van der Waals surface area contributed by atoms with Crippen LogP contribution in [0.3, 0.4) is 0 Å². The second kappa shape index (κ2) is 6.12. The van der Waals surface area contributed by atoms with Crippen LogP contribution in [0, 0.1) is 5.41 Å². The number of aromatic nitrogens is 2. The summed E-state index contributed by atoms with van der Waals surface area (Å²) in [6.07, 6.45) is -3.78. The van der Waals surface area contributed by atoms with Crippen molar-refractivity contribution < 1.29 is 22.7 Å². The second-order valence-electron chi connectivity index (χ2n) is 5.63. The van der Waals surface area contributed by atoms with E-state index >= 15 is 0 Å². The van der Waals surface area contributed by atoms with Crippen LogP contribution >= 0.6 is 15.9 Å². The number of rotatable bonds is 4. The van der Waals surface area contributed by atoms with Crippen LogP contribution in [0.4, 0.5) is 18.0 Å². The molecule has 1 aliphatic carbocycles. The van der Waals surface area contributed by atoms with E-state index in [2.05, 4.69) is 31.2 Å². The molecule has 0 radical (unpaired) electrons. The van der Waals surface area contributed by atoms with E-state index in [1.165, 1.54) is 6.20 Å². The van der Waals surface area contributed by atoms with Crippen molar-refractivity contribution in [1.29, 1.82) is 0 Å². The lowest BCUT2D eigenvalue weighted by molar-refractivity contribution is -0.184. The van der Waals surface area contributed by atoms with Crippen molar-refractivity contribution in [3.05, 3.63) is 34.9 Å². The van der Waals surface area contributed by atoms with Crippen LogP contribution in [0.15, 0.2) is 34.9 Å². The summed E-state index contributed by atoms with van der Waals surface area (Å²) in [7, 11) is 0.